The van der Waals surface area contributed by atoms with Crippen molar-refractivity contribution in [2.45, 2.75) is 22.9 Å². The molecule has 3 atom stereocenters. The van der Waals surface area contributed by atoms with Crippen LogP contribution in [0, 0.1) is 34.0 Å². The van der Waals surface area contributed by atoms with E-state index < -0.39 is 58.2 Å². The first-order valence-electron chi connectivity index (χ1n) is 10.7. The van der Waals surface area contributed by atoms with Gasteiger partial charge in [0.15, 0.2) is 5.41 Å². The highest BCUT2D eigenvalue weighted by Gasteiger charge is 2.61. The average Bonchev–Trinajstić information content (AvgIpc) is 2.91. The number of thioether (sulfide) groups is 1. The minimum absolute atomic E-state index is 0.00676. The summed E-state index contributed by atoms with van der Waals surface area (Å²) >= 11 is 1.42. The van der Waals surface area contributed by atoms with Crippen LogP contribution in [0.2, 0.25) is 0 Å². The van der Waals surface area contributed by atoms with Crippen molar-refractivity contribution in [1.29, 1.82) is 10.5 Å². The van der Waals surface area contributed by atoms with Crippen LogP contribution in [0.4, 0.5) is 13.2 Å². The number of hydrogen-bond acceptors (Lipinski definition) is 8. The number of aliphatic hydroxyl groups is 1. The lowest BCUT2D eigenvalue weighted by molar-refractivity contribution is -0.147. The number of hydrogen-bond donors (Lipinski definition) is 1. The molecule has 0 saturated heterocycles. The van der Waals surface area contributed by atoms with Gasteiger partial charge in [-0.25, -0.2) is 4.79 Å². The van der Waals surface area contributed by atoms with Gasteiger partial charge < -0.3 is 14.6 Å². The number of nitrogens with zero attached hydrogens (tertiary/aromatic N) is 2. The zero-order valence-electron chi connectivity index (χ0n) is 19.9. The van der Waals surface area contributed by atoms with Gasteiger partial charge in [-0.3, -0.25) is 4.79 Å². The van der Waals surface area contributed by atoms with Crippen molar-refractivity contribution in [3.8, 4) is 12.1 Å². The van der Waals surface area contributed by atoms with E-state index in [9.17, 15) is 38.4 Å². The number of halogens is 3. The zero-order valence-corrected chi connectivity index (χ0v) is 20.7. The molecule has 192 valence electrons. The van der Waals surface area contributed by atoms with Crippen LogP contribution in [0.25, 0.3) is 0 Å². The predicted molar refractivity (Wildman–Crippen MR) is 126 cm³/mol. The summed E-state index contributed by atoms with van der Waals surface area (Å²) in [5, 5.41) is 32.2. The largest absolute Gasteiger partial charge is 0.511 e. The van der Waals surface area contributed by atoms with E-state index in [1.165, 1.54) is 11.8 Å². The summed E-state index contributed by atoms with van der Waals surface area (Å²) in [5.74, 6) is -7.63. The lowest BCUT2D eigenvalue weighted by Gasteiger charge is -2.44. The van der Waals surface area contributed by atoms with Crippen molar-refractivity contribution in [2.75, 3.05) is 20.5 Å². The summed E-state index contributed by atoms with van der Waals surface area (Å²) in [5.41, 5.74) is -3.43. The van der Waals surface area contributed by atoms with Gasteiger partial charge in [-0.2, -0.15) is 23.7 Å². The highest BCUT2D eigenvalue weighted by Crippen LogP contribution is 2.59. The average molecular weight is 531 g/mol. The van der Waals surface area contributed by atoms with E-state index in [1.807, 2.05) is 18.4 Å². The van der Waals surface area contributed by atoms with Crippen LogP contribution in [0.1, 0.15) is 28.5 Å². The fourth-order valence-electron chi connectivity index (χ4n) is 4.70. The van der Waals surface area contributed by atoms with Crippen LogP contribution in [0.3, 0.4) is 0 Å². The molecule has 3 rings (SSSR count). The van der Waals surface area contributed by atoms with Gasteiger partial charge in [0.2, 0.25) is 0 Å². The summed E-state index contributed by atoms with van der Waals surface area (Å²) in [4.78, 5) is 26.7. The van der Waals surface area contributed by atoms with Gasteiger partial charge in [0.1, 0.15) is 11.7 Å². The molecule has 0 radical (unpaired) electrons. The fourth-order valence-corrected chi connectivity index (χ4v) is 5.11. The fraction of sp³-hybridized carbons (Fsp3) is 0.308. The minimum Gasteiger partial charge on any atom is -0.511 e. The summed E-state index contributed by atoms with van der Waals surface area (Å²) in [6, 6.07) is 13.9. The Morgan fingerprint density at radius 2 is 1.51 bits per heavy atom. The summed E-state index contributed by atoms with van der Waals surface area (Å²) in [6.45, 7) is 0. The third-order valence-corrected chi connectivity index (χ3v) is 7.16. The Morgan fingerprint density at radius 1 is 0.973 bits per heavy atom. The van der Waals surface area contributed by atoms with Gasteiger partial charge in [0.05, 0.1) is 43.4 Å². The smallest absolute Gasteiger partial charge is 0.416 e. The quantitative estimate of drug-likeness (QED) is 0.418. The van der Waals surface area contributed by atoms with Gasteiger partial charge in [-0.1, -0.05) is 24.3 Å². The standard InChI is InChI=1S/C26H21F3N2O5S/c1-35-23(33)18-20(14-4-8-16(9-5-14)26(27,28)29)25(12-30,13-31)21(19(22(18)32)24(34)36-2)15-6-10-17(37-3)11-7-15/h4-11,18,20-21,32H,1-3H3/t18-,20+,21+/m1/s1. The van der Waals surface area contributed by atoms with Crippen molar-refractivity contribution in [2.24, 2.45) is 11.3 Å². The van der Waals surface area contributed by atoms with Crippen LogP contribution >= 0.6 is 11.8 Å². The molecule has 0 unspecified atom stereocenters. The number of aliphatic hydroxyl groups excluding tert-OH is 1. The second kappa shape index (κ2) is 10.6. The van der Waals surface area contributed by atoms with E-state index in [0.29, 0.717) is 0 Å². The maximum Gasteiger partial charge on any atom is 0.416 e. The molecule has 0 fully saturated rings. The molecule has 2 aromatic rings. The molecule has 11 heteroatoms. The molecule has 1 N–H and O–H groups in total. The number of benzene rings is 2. The number of methoxy groups -OCH3 is 2. The van der Waals surface area contributed by atoms with Gasteiger partial charge >= 0.3 is 18.1 Å². The molecule has 0 spiro atoms. The number of esters is 2. The molecule has 2 aromatic carbocycles. The minimum atomic E-state index is -4.66. The number of ether oxygens (including phenoxy) is 2. The number of nitriles is 2. The second-order valence-electron chi connectivity index (χ2n) is 8.19. The van der Waals surface area contributed by atoms with E-state index in [-0.39, 0.29) is 11.1 Å². The van der Waals surface area contributed by atoms with Gasteiger partial charge in [-0.15, -0.1) is 11.8 Å². The maximum atomic E-state index is 13.2. The first-order valence-corrected chi connectivity index (χ1v) is 12.0. The van der Waals surface area contributed by atoms with Crippen molar-refractivity contribution in [3.05, 3.63) is 76.6 Å². The first kappa shape index (κ1) is 27.6. The molecule has 0 heterocycles. The van der Waals surface area contributed by atoms with E-state index in [2.05, 4.69) is 0 Å². The number of rotatable bonds is 5. The van der Waals surface area contributed by atoms with Crippen LogP contribution in [-0.2, 0) is 25.2 Å². The zero-order chi connectivity index (χ0) is 27.5. The Hall–Kier alpha value is -3.96. The molecule has 0 saturated carbocycles. The Morgan fingerprint density at radius 3 is 1.95 bits per heavy atom. The maximum absolute atomic E-state index is 13.2. The third kappa shape index (κ3) is 4.75. The van der Waals surface area contributed by atoms with E-state index in [4.69, 9.17) is 9.47 Å². The van der Waals surface area contributed by atoms with Crippen molar-refractivity contribution in [1.82, 2.24) is 0 Å². The highest BCUT2D eigenvalue weighted by molar-refractivity contribution is 7.98. The SMILES string of the molecule is COC(=O)C1=C(O)[C@H](C(=O)OC)[C@H](c2ccc(C(F)(F)F)cc2)C(C#N)(C#N)[C@H]1c1ccc(SC)cc1. The monoisotopic (exact) mass is 530 g/mol. The van der Waals surface area contributed by atoms with E-state index in [1.54, 1.807) is 24.3 Å². The molecule has 0 aromatic heterocycles. The molecule has 0 bridgehead atoms. The van der Waals surface area contributed by atoms with Crippen LogP contribution < -0.4 is 0 Å². The van der Waals surface area contributed by atoms with Crippen molar-refractivity contribution < 1.29 is 37.3 Å². The van der Waals surface area contributed by atoms with Crippen molar-refractivity contribution >= 4 is 23.7 Å². The molecular formula is C26H21F3N2O5S. The Kier molecular flexibility index (Phi) is 7.89. The van der Waals surface area contributed by atoms with Gasteiger partial charge in [-0.05, 0) is 41.6 Å². The first-order chi connectivity index (χ1) is 17.5. The highest BCUT2D eigenvalue weighted by atomic mass is 32.2. The number of carbonyl (C=O) groups excluding carboxylic acids is 2. The molecule has 37 heavy (non-hydrogen) atoms. The number of carbonyl (C=O) groups is 2. The van der Waals surface area contributed by atoms with Crippen LogP contribution in [0.15, 0.2) is 64.8 Å². The second-order valence-corrected chi connectivity index (χ2v) is 9.07. The Labute approximate surface area is 215 Å². The third-order valence-electron chi connectivity index (χ3n) is 6.42. The molecule has 0 aliphatic heterocycles. The summed E-state index contributed by atoms with van der Waals surface area (Å²) in [6.07, 6.45) is -2.83. The lowest BCUT2D eigenvalue weighted by Crippen LogP contribution is -2.47. The molecule has 1 aliphatic rings. The molecule has 7 nitrogen and oxygen atoms in total. The molecular weight excluding hydrogens is 509 g/mol. The molecule has 0 amide bonds. The predicted octanol–water partition coefficient (Wildman–Crippen LogP) is 5.12. The topological polar surface area (TPSA) is 120 Å². The van der Waals surface area contributed by atoms with E-state index >= 15 is 0 Å². The number of alkyl halides is 3. The summed E-state index contributed by atoms with van der Waals surface area (Å²) in [7, 11) is 2.04. The Balaban J connectivity index is 2.43. The Bertz CT molecular complexity index is 1290. The van der Waals surface area contributed by atoms with Crippen LogP contribution in [0.5, 0.6) is 0 Å². The molecule has 1 aliphatic carbocycles. The normalized spacial score (nSPS) is 20.9. The summed E-state index contributed by atoms with van der Waals surface area (Å²) < 4.78 is 49.3. The van der Waals surface area contributed by atoms with Crippen LogP contribution in [-0.4, -0.2) is 37.5 Å². The van der Waals surface area contributed by atoms with E-state index in [0.717, 1.165) is 43.4 Å². The van der Waals surface area contributed by atoms with Gasteiger partial charge in [0, 0.05) is 10.8 Å². The van der Waals surface area contributed by atoms with Gasteiger partial charge in [0.25, 0.3) is 0 Å². The van der Waals surface area contributed by atoms with Crippen molar-refractivity contribution in [3.63, 3.8) is 0 Å². The lowest BCUT2D eigenvalue weighted by atomic mass is 9.54.